The summed E-state index contributed by atoms with van der Waals surface area (Å²) in [4.78, 5) is 11.6. The molecule has 0 aliphatic rings. The van der Waals surface area contributed by atoms with Gasteiger partial charge in [0.1, 0.15) is 0 Å². The zero-order valence-electron chi connectivity index (χ0n) is 10.5. The summed E-state index contributed by atoms with van der Waals surface area (Å²) in [6, 6.07) is 9.20. The quantitative estimate of drug-likeness (QED) is 0.732. The number of carbonyl (C=O) groups is 1. The fraction of sp³-hybridized carbons (Fsp3) is 0.462. The Morgan fingerprint density at radius 1 is 1.29 bits per heavy atom. The van der Waals surface area contributed by atoms with E-state index in [4.69, 9.17) is 5.73 Å². The van der Waals surface area contributed by atoms with E-state index in [9.17, 15) is 4.79 Å². The van der Waals surface area contributed by atoms with Gasteiger partial charge < -0.3 is 16.4 Å². The lowest BCUT2D eigenvalue weighted by Gasteiger charge is -2.24. The van der Waals surface area contributed by atoms with Crippen LogP contribution in [0, 0.1) is 5.41 Å². The average molecular weight is 235 g/mol. The van der Waals surface area contributed by atoms with Crippen LogP contribution in [0.5, 0.6) is 0 Å². The average Bonchev–Trinajstić information content (AvgIpc) is 2.28. The van der Waals surface area contributed by atoms with Crippen molar-refractivity contribution < 1.29 is 4.79 Å². The van der Waals surface area contributed by atoms with E-state index in [1.54, 1.807) is 0 Å². The molecule has 17 heavy (non-hydrogen) atoms. The molecule has 0 heterocycles. The fourth-order valence-corrected chi connectivity index (χ4v) is 1.50. The Balaban J connectivity index is 2.36. The summed E-state index contributed by atoms with van der Waals surface area (Å²) >= 11 is 0. The van der Waals surface area contributed by atoms with Crippen molar-refractivity contribution >= 4 is 11.7 Å². The molecule has 94 valence electrons. The predicted octanol–water partition coefficient (Wildman–Crippen LogP) is 2.18. The lowest BCUT2D eigenvalue weighted by molar-refractivity contribution is 0.243. The van der Waals surface area contributed by atoms with Gasteiger partial charge in [-0.25, -0.2) is 4.79 Å². The van der Waals surface area contributed by atoms with Crippen LogP contribution in [0.1, 0.15) is 20.3 Å². The molecule has 0 atom stereocenters. The maximum atomic E-state index is 11.6. The van der Waals surface area contributed by atoms with Crippen LogP contribution in [0.25, 0.3) is 0 Å². The minimum absolute atomic E-state index is 0.0305. The molecule has 0 radical (unpaired) electrons. The van der Waals surface area contributed by atoms with Gasteiger partial charge in [-0.15, -0.1) is 0 Å². The maximum Gasteiger partial charge on any atom is 0.319 e. The van der Waals surface area contributed by atoms with Crippen LogP contribution in [0.4, 0.5) is 10.5 Å². The van der Waals surface area contributed by atoms with E-state index in [0.717, 1.165) is 12.1 Å². The molecule has 0 aliphatic heterocycles. The number of benzene rings is 1. The van der Waals surface area contributed by atoms with E-state index in [2.05, 4.69) is 24.5 Å². The Bertz CT molecular complexity index is 349. The topological polar surface area (TPSA) is 67.1 Å². The largest absolute Gasteiger partial charge is 0.337 e. The van der Waals surface area contributed by atoms with E-state index >= 15 is 0 Å². The molecule has 2 amide bonds. The molecule has 0 spiro atoms. The van der Waals surface area contributed by atoms with Gasteiger partial charge in [0.15, 0.2) is 0 Å². The maximum absolute atomic E-state index is 11.6. The van der Waals surface area contributed by atoms with Gasteiger partial charge in [-0.1, -0.05) is 32.0 Å². The number of nitrogens with one attached hydrogen (secondary N) is 2. The zero-order valence-corrected chi connectivity index (χ0v) is 10.5. The van der Waals surface area contributed by atoms with Crippen LogP contribution >= 0.6 is 0 Å². The molecule has 0 bridgehead atoms. The van der Waals surface area contributed by atoms with Crippen molar-refractivity contribution in [3.63, 3.8) is 0 Å². The first-order valence-electron chi connectivity index (χ1n) is 5.83. The Hall–Kier alpha value is -1.55. The van der Waals surface area contributed by atoms with E-state index in [1.807, 2.05) is 30.3 Å². The molecule has 0 aromatic heterocycles. The Labute approximate surface area is 103 Å². The smallest absolute Gasteiger partial charge is 0.319 e. The van der Waals surface area contributed by atoms with Gasteiger partial charge in [-0.2, -0.15) is 0 Å². The summed E-state index contributed by atoms with van der Waals surface area (Å²) < 4.78 is 0. The highest BCUT2D eigenvalue weighted by atomic mass is 16.2. The number of hydrogen-bond donors (Lipinski definition) is 3. The van der Waals surface area contributed by atoms with Crippen LogP contribution in [-0.2, 0) is 0 Å². The lowest BCUT2D eigenvalue weighted by atomic mass is 9.89. The molecule has 4 N–H and O–H groups in total. The van der Waals surface area contributed by atoms with Crippen molar-refractivity contribution in [1.29, 1.82) is 0 Å². The first kappa shape index (κ1) is 13.5. The molecular weight excluding hydrogens is 214 g/mol. The second-order valence-corrected chi connectivity index (χ2v) is 4.88. The fourth-order valence-electron chi connectivity index (χ4n) is 1.50. The molecule has 0 saturated heterocycles. The van der Waals surface area contributed by atoms with E-state index < -0.39 is 0 Å². The molecule has 4 heteroatoms. The Kier molecular flexibility index (Phi) is 4.97. The van der Waals surface area contributed by atoms with Gasteiger partial charge in [0, 0.05) is 12.2 Å². The molecule has 1 rings (SSSR count). The number of hydrogen-bond acceptors (Lipinski definition) is 2. The van der Waals surface area contributed by atoms with E-state index in [1.165, 1.54) is 0 Å². The van der Waals surface area contributed by atoms with E-state index in [0.29, 0.717) is 13.1 Å². The van der Waals surface area contributed by atoms with Crippen molar-refractivity contribution in [2.24, 2.45) is 11.1 Å². The van der Waals surface area contributed by atoms with Crippen molar-refractivity contribution in [2.75, 3.05) is 18.4 Å². The van der Waals surface area contributed by atoms with Gasteiger partial charge in [-0.3, -0.25) is 0 Å². The SMILES string of the molecule is CC(C)(CCN)CNC(=O)Nc1ccccc1. The third-order valence-electron chi connectivity index (χ3n) is 2.58. The van der Waals surface area contributed by atoms with Gasteiger partial charge in [0.05, 0.1) is 0 Å². The monoisotopic (exact) mass is 235 g/mol. The highest BCUT2D eigenvalue weighted by Crippen LogP contribution is 2.17. The number of nitrogens with two attached hydrogens (primary N) is 1. The number of urea groups is 1. The minimum atomic E-state index is -0.179. The Morgan fingerprint density at radius 3 is 2.53 bits per heavy atom. The second kappa shape index (κ2) is 6.25. The van der Waals surface area contributed by atoms with Gasteiger partial charge in [0.25, 0.3) is 0 Å². The van der Waals surface area contributed by atoms with Crippen molar-refractivity contribution in [1.82, 2.24) is 5.32 Å². The van der Waals surface area contributed by atoms with Crippen molar-refractivity contribution in [2.45, 2.75) is 20.3 Å². The number of rotatable bonds is 5. The Morgan fingerprint density at radius 2 is 1.94 bits per heavy atom. The number of carbonyl (C=O) groups excluding carboxylic acids is 1. The standard InChI is InChI=1S/C13H21N3O/c1-13(2,8-9-14)10-15-12(17)16-11-6-4-3-5-7-11/h3-7H,8-10,14H2,1-2H3,(H2,15,16,17). The molecule has 0 fully saturated rings. The molecule has 1 aromatic carbocycles. The van der Waals surface area contributed by atoms with Crippen LogP contribution in [0.3, 0.4) is 0 Å². The lowest BCUT2D eigenvalue weighted by Crippen LogP contribution is -2.37. The van der Waals surface area contributed by atoms with Gasteiger partial charge in [0.2, 0.25) is 0 Å². The highest BCUT2D eigenvalue weighted by Gasteiger charge is 2.17. The first-order valence-corrected chi connectivity index (χ1v) is 5.83. The predicted molar refractivity (Wildman–Crippen MR) is 70.9 cm³/mol. The molecule has 0 unspecified atom stereocenters. The van der Waals surface area contributed by atoms with Crippen molar-refractivity contribution in [3.05, 3.63) is 30.3 Å². The third kappa shape index (κ3) is 5.36. The molecule has 0 aliphatic carbocycles. The molecule has 1 aromatic rings. The number of amides is 2. The first-order chi connectivity index (χ1) is 8.03. The normalized spacial score (nSPS) is 11.0. The minimum Gasteiger partial charge on any atom is -0.337 e. The third-order valence-corrected chi connectivity index (χ3v) is 2.58. The van der Waals surface area contributed by atoms with E-state index in [-0.39, 0.29) is 11.4 Å². The second-order valence-electron chi connectivity index (χ2n) is 4.88. The summed E-state index contributed by atoms with van der Waals surface area (Å²) in [5.41, 5.74) is 6.34. The summed E-state index contributed by atoms with van der Waals surface area (Å²) in [6.07, 6.45) is 0.888. The molecular formula is C13H21N3O. The van der Waals surface area contributed by atoms with Crippen LogP contribution in [-0.4, -0.2) is 19.1 Å². The summed E-state index contributed by atoms with van der Waals surface area (Å²) in [7, 11) is 0. The van der Waals surface area contributed by atoms with Crippen LogP contribution < -0.4 is 16.4 Å². The summed E-state index contributed by atoms with van der Waals surface area (Å²) in [5, 5.41) is 5.63. The van der Waals surface area contributed by atoms with Crippen molar-refractivity contribution in [3.8, 4) is 0 Å². The number of para-hydroxylation sites is 1. The highest BCUT2D eigenvalue weighted by molar-refractivity contribution is 5.89. The summed E-state index contributed by atoms with van der Waals surface area (Å²) in [6.45, 7) is 5.42. The van der Waals surface area contributed by atoms with Gasteiger partial charge in [-0.05, 0) is 30.5 Å². The number of anilines is 1. The van der Waals surface area contributed by atoms with Crippen LogP contribution in [0.15, 0.2) is 30.3 Å². The summed E-state index contributed by atoms with van der Waals surface area (Å²) in [5.74, 6) is 0. The molecule has 0 saturated carbocycles. The zero-order chi connectivity index (χ0) is 12.7. The molecule has 4 nitrogen and oxygen atoms in total. The van der Waals surface area contributed by atoms with Crippen LogP contribution in [0.2, 0.25) is 0 Å². The van der Waals surface area contributed by atoms with Gasteiger partial charge >= 0.3 is 6.03 Å².